The summed E-state index contributed by atoms with van der Waals surface area (Å²) in [6.07, 6.45) is 5.12. The van der Waals surface area contributed by atoms with E-state index in [1.807, 2.05) is 24.7 Å². The molecule has 2 aromatic heterocycles. The largest absolute Gasteiger partial charge is 0.373 e. The molecule has 1 aliphatic heterocycles. The molecule has 8 nitrogen and oxygen atoms in total. The van der Waals surface area contributed by atoms with Crippen LogP contribution in [0.15, 0.2) is 24.7 Å². The molecule has 0 spiro atoms. The first-order valence-electron chi connectivity index (χ1n) is 8.51. The minimum absolute atomic E-state index is 0.00234. The molecule has 8 heteroatoms. The summed E-state index contributed by atoms with van der Waals surface area (Å²) in [7, 11) is 1.97. The number of aromatic nitrogens is 4. The minimum atomic E-state index is -0.292. The van der Waals surface area contributed by atoms with E-state index in [1.54, 1.807) is 18.5 Å². The van der Waals surface area contributed by atoms with E-state index < -0.39 is 0 Å². The number of aryl methyl sites for hydroxylation is 2. The summed E-state index contributed by atoms with van der Waals surface area (Å²) in [6, 6.07) is 1.76. The molecule has 1 fully saturated rings. The average Bonchev–Trinajstić information content (AvgIpc) is 3.04. The van der Waals surface area contributed by atoms with Gasteiger partial charge in [-0.05, 0) is 19.5 Å². The monoisotopic (exact) mass is 344 g/mol. The topological polar surface area (TPSA) is 85.2 Å². The van der Waals surface area contributed by atoms with E-state index in [2.05, 4.69) is 32.1 Å². The minimum Gasteiger partial charge on any atom is -0.373 e. The average molecular weight is 344 g/mol. The number of carbonyl (C=O) groups is 1. The van der Waals surface area contributed by atoms with Crippen LogP contribution in [0, 0.1) is 6.92 Å². The van der Waals surface area contributed by atoms with Crippen LogP contribution in [0.25, 0.3) is 0 Å². The molecule has 1 N–H and O–H groups in total. The second kappa shape index (κ2) is 7.71. The Morgan fingerprint density at radius 1 is 1.40 bits per heavy atom. The van der Waals surface area contributed by atoms with Gasteiger partial charge in [-0.2, -0.15) is 0 Å². The van der Waals surface area contributed by atoms with E-state index in [4.69, 9.17) is 4.74 Å². The lowest BCUT2D eigenvalue weighted by atomic mass is 10.1. The van der Waals surface area contributed by atoms with Crippen molar-refractivity contribution in [2.45, 2.75) is 26.0 Å². The van der Waals surface area contributed by atoms with E-state index in [-0.39, 0.29) is 23.9 Å². The number of morpholine rings is 1. The molecule has 1 aliphatic rings. The summed E-state index contributed by atoms with van der Waals surface area (Å²) in [5, 5.41) is 2.90. The number of amides is 1. The van der Waals surface area contributed by atoms with E-state index >= 15 is 0 Å². The van der Waals surface area contributed by atoms with Gasteiger partial charge in [0.15, 0.2) is 0 Å². The highest BCUT2D eigenvalue weighted by Gasteiger charge is 2.35. The molecule has 0 aromatic carbocycles. The van der Waals surface area contributed by atoms with Gasteiger partial charge in [0, 0.05) is 44.4 Å². The predicted molar refractivity (Wildman–Crippen MR) is 92.0 cm³/mol. The molecule has 2 atom stereocenters. The van der Waals surface area contributed by atoms with Crippen LogP contribution in [0.1, 0.15) is 35.1 Å². The molecule has 3 heterocycles. The number of nitrogens with zero attached hydrogens (tertiary/aromatic N) is 5. The lowest BCUT2D eigenvalue weighted by Gasteiger charge is -2.40. The Bertz CT molecular complexity index is 731. The predicted octanol–water partition coefficient (Wildman–Crippen LogP) is 0.710. The standard InChI is InChI=1S/C17H24N6O2/c1-4-23-9-10-25-13(14(23)16-19-7-8-22(16)3)11-20-17(24)15-18-6-5-12(2)21-15/h5-8,13-14H,4,9-11H2,1-3H3,(H,20,24)/t13-,14+/m0/s1. The summed E-state index contributed by atoms with van der Waals surface area (Å²) < 4.78 is 7.96. The lowest BCUT2D eigenvalue weighted by molar-refractivity contribution is -0.0720. The van der Waals surface area contributed by atoms with Crippen LogP contribution in [0.5, 0.6) is 0 Å². The highest BCUT2D eigenvalue weighted by atomic mass is 16.5. The Balaban J connectivity index is 1.73. The van der Waals surface area contributed by atoms with Gasteiger partial charge in [-0.15, -0.1) is 0 Å². The van der Waals surface area contributed by atoms with Gasteiger partial charge in [-0.3, -0.25) is 9.69 Å². The Labute approximate surface area is 147 Å². The van der Waals surface area contributed by atoms with Crippen molar-refractivity contribution in [3.8, 4) is 0 Å². The van der Waals surface area contributed by atoms with Crippen molar-refractivity contribution in [1.82, 2.24) is 29.7 Å². The van der Waals surface area contributed by atoms with Crippen LogP contribution in [0.4, 0.5) is 0 Å². The number of imidazole rings is 1. The molecule has 2 aromatic rings. The fourth-order valence-electron chi connectivity index (χ4n) is 3.13. The quantitative estimate of drug-likeness (QED) is 0.860. The SMILES string of the molecule is CCN1CCO[C@@H](CNC(=O)c2nccc(C)n2)[C@@H]1c1nccn1C. The molecule has 1 amide bonds. The van der Waals surface area contributed by atoms with Crippen LogP contribution in [0.3, 0.4) is 0 Å². The summed E-state index contributed by atoms with van der Waals surface area (Å²) in [5.41, 5.74) is 0.761. The lowest BCUT2D eigenvalue weighted by Crippen LogP contribution is -2.50. The summed E-state index contributed by atoms with van der Waals surface area (Å²) in [5.74, 6) is 0.823. The van der Waals surface area contributed by atoms with Crippen LogP contribution >= 0.6 is 0 Å². The number of carbonyl (C=O) groups excluding carboxylic acids is 1. The Morgan fingerprint density at radius 3 is 2.92 bits per heavy atom. The molecule has 0 unspecified atom stereocenters. The van der Waals surface area contributed by atoms with Crippen LogP contribution in [-0.2, 0) is 11.8 Å². The van der Waals surface area contributed by atoms with Crippen LogP contribution < -0.4 is 5.32 Å². The van der Waals surface area contributed by atoms with Crippen LogP contribution in [-0.4, -0.2) is 62.7 Å². The third kappa shape index (κ3) is 3.85. The number of hydrogen-bond acceptors (Lipinski definition) is 6. The molecule has 3 rings (SSSR count). The molecule has 134 valence electrons. The molecule has 0 aliphatic carbocycles. The Hall–Kier alpha value is -2.32. The van der Waals surface area contributed by atoms with Gasteiger partial charge in [-0.25, -0.2) is 15.0 Å². The number of nitrogens with one attached hydrogen (secondary N) is 1. The van der Waals surface area contributed by atoms with Gasteiger partial charge in [-0.1, -0.05) is 6.92 Å². The van der Waals surface area contributed by atoms with Crippen molar-refractivity contribution in [1.29, 1.82) is 0 Å². The summed E-state index contributed by atoms with van der Waals surface area (Å²) >= 11 is 0. The first kappa shape index (κ1) is 17.5. The maximum absolute atomic E-state index is 12.3. The second-order valence-corrected chi connectivity index (χ2v) is 6.11. The van der Waals surface area contributed by atoms with Gasteiger partial charge >= 0.3 is 0 Å². The third-order valence-corrected chi connectivity index (χ3v) is 4.45. The highest BCUT2D eigenvalue weighted by molar-refractivity contribution is 5.90. The molecule has 0 saturated carbocycles. The van der Waals surface area contributed by atoms with Crippen molar-refractivity contribution in [2.75, 3.05) is 26.2 Å². The molecule has 0 bridgehead atoms. The number of likely N-dealkylation sites (N-methyl/N-ethyl adjacent to an activating group) is 1. The molecule has 0 radical (unpaired) electrons. The van der Waals surface area contributed by atoms with E-state index in [1.165, 1.54) is 0 Å². The first-order valence-corrected chi connectivity index (χ1v) is 8.51. The smallest absolute Gasteiger partial charge is 0.289 e. The normalized spacial score (nSPS) is 21.2. The molecular weight excluding hydrogens is 320 g/mol. The Morgan fingerprint density at radius 2 is 2.24 bits per heavy atom. The van der Waals surface area contributed by atoms with Crippen molar-refractivity contribution >= 4 is 5.91 Å². The third-order valence-electron chi connectivity index (χ3n) is 4.45. The second-order valence-electron chi connectivity index (χ2n) is 6.11. The van der Waals surface area contributed by atoms with Gasteiger partial charge in [0.05, 0.1) is 18.8 Å². The van der Waals surface area contributed by atoms with Gasteiger partial charge in [0.1, 0.15) is 5.82 Å². The highest BCUT2D eigenvalue weighted by Crippen LogP contribution is 2.27. The number of hydrogen-bond donors (Lipinski definition) is 1. The molecular formula is C17H24N6O2. The van der Waals surface area contributed by atoms with Gasteiger partial charge < -0.3 is 14.6 Å². The van der Waals surface area contributed by atoms with E-state index in [9.17, 15) is 4.79 Å². The summed E-state index contributed by atoms with van der Waals surface area (Å²) in [6.45, 7) is 6.71. The van der Waals surface area contributed by atoms with Gasteiger partial charge in [0.25, 0.3) is 5.91 Å². The maximum Gasteiger partial charge on any atom is 0.289 e. The van der Waals surface area contributed by atoms with Crippen molar-refractivity contribution in [3.05, 3.63) is 42.0 Å². The zero-order chi connectivity index (χ0) is 17.8. The number of ether oxygens (including phenoxy) is 1. The fourth-order valence-corrected chi connectivity index (χ4v) is 3.13. The Kier molecular flexibility index (Phi) is 5.40. The van der Waals surface area contributed by atoms with E-state index in [0.29, 0.717) is 13.2 Å². The van der Waals surface area contributed by atoms with Crippen molar-refractivity contribution in [2.24, 2.45) is 7.05 Å². The van der Waals surface area contributed by atoms with E-state index in [0.717, 1.165) is 24.6 Å². The fraction of sp³-hybridized carbons (Fsp3) is 0.529. The maximum atomic E-state index is 12.3. The zero-order valence-corrected chi connectivity index (χ0v) is 14.8. The molecule has 1 saturated heterocycles. The molecule has 25 heavy (non-hydrogen) atoms. The van der Waals surface area contributed by atoms with Crippen LogP contribution in [0.2, 0.25) is 0 Å². The van der Waals surface area contributed by atoms with Crippen molar-refractivity contribution < 1.29 is 9.53 Å². The van der Waals surface area contributed by atoms with Gasteiger partial charge in [0.2, 0.25) is 5.82 Å². The zero-order valence-electron chi connectivity index (χ0n) is 14.8. The summed E-state index contributed by atoms with van der Waals surface area (Å²) in [4.78, 5) is 27.3. The number of rotatable bonds is 5. The first-order chi connectivity index (χ1) is 12.1. The van der Waals surface area contributed by atoms with Crippen molar-refractivity contribution in [3.63, 3.8) is 0 Å².